The van der Waals surface area contributed by atoms with Crippen LogP contribution in [0.2, 0.25) is 0 Å². The summed E-state index contributed by atoms with van der Waals surface area (Å²) in [4.78, 5) is 0. The maximum absolute atomic E-state index is 5.74. The van der Waals surface area contributed by atoms with Crippen LogP contribution in [0, 0.1) is 0 Å². The standard InChI is InChI=1S/C9H9ClO3/c1-11-7-3-9-8(12-5-13-9)2-6(7)4-10/h2-3H,4-5H2,1H3. The number of halogens is 1. The molecule has 4 heteroatoms. The van der Waals surface area contributed by atoms with E-state index in [1.165, 1.54) is 0 Å². The maximum atomic E-state index is 5.74. The van der Waals surface area contributed by atoms with Crippen molar-refractivity contribution in [3.05, 3.63) is 17.7 Å². The van der Waals surface area contributed by atoms with E-state index in [9.17, 15) is 0 Å². The molecule has 1 aliphatic heterocycles. The fourth-order valence-corrected chi connectivity index (χ4v) is 1.47. The molecule has 0 spiro atoms. The van der Waals surface area contributed by atoms with E-state index in [2.05, 4.69) is 0 Å². The number of rotatable bonds is 2. The van der Waals surface area contributed by atoms with Crippen molar-refractivity contribution >= 4 is 11.6 Å². The molecule has 70 valence electrons. The first-order valence-corrected chi connectivity index (χ1v) is 4.41. The summed E-state index contributed by atoms with van der Waals surface area (Å²) in [6.45, 7) is 0.268. The molecule has 0 radical (unpaired) electrons. The lowest BCUT2D eigenvalue weighted by Gasteiger charge is -2.06. The molecule has 2 rings (SSSR count). The second-order valence-electron chi connectivity index (χ2n) is 2.65. The van der Waals surface area contributed by atoms with Gasteiger partial charge in [0.25, 0.3) is 0 Å². The predicted octanol–water partition coefficient (Wildman–Crippen LogP) is 2.16. The molecular weight excluding hydrogens is 192 g/mol. The molecule has 0 fully saturated rings. The normalized spacial score (nSPS) is 13.1. The van der Waals surface area contributed by atoms with Crippen LogP contribution in [0.25, 0.3) is 0 Å². The van der Waals surface area contributed by atoms with Gasteiger partial charge in [-0.2, -0.15) is 0 Å². The van der Waals surface area contributed by atoms with E-state index >= 15 is 0 Å². The molecule has 0 atom stereocenters. The van der Waals surface area contributed by atoms with E-state index < -0.39 is 0 Å². The van der Waals surface area contributed by atoms with E-state index in [0.717, 1.165) is 17.1 Å². The lowest BCUT2D eigenvalue weighted by atomic mass is 10.2. The van der Waals surface area contributed by atoms with Gasteiger partial charge in [-0.1, -0.05) is 0 Å². The molecular formula is C9H9ClO3. The molecule has 0 unspecified atom stereocenters. The van der Waals surface area contributed by atoms with Gasteiger partial charge in [0.1, 0.15) is 5.75 Å². The molecule has 0 aromatic heterocycles. The molecule has 0 saturated heterocycles. The Hall–Kier alpha value is -1.09. The lowest BCUT2D eigenvalue weighted by molar-refractivity contribution is 0.174. The van der Waals surface area contributed by atoms with Crippen LogP contribution in [0.3, 0.4) is 0 Å². The van der Waals surface area contributed by atoms with Crippen LogP contribution in [0.4, 0.5) is 0 Å². The largest absolute Gasteiger partial charge is 0.496 e. The molecule has 3 nitrogen and oxygen atoms in total. The Morgan fingerprint density at radius 1 is 1.38 bits per heavy atom. The Kier molecular flexibility index (Phi) is 2.19. The number of alkyl halides is 1. The molecule has 0 bridgehead atoms. The van der Waals surface area contributed by atoms with Crippen LogP contribution in [0.15, 0.2) is 12.1 Å². The smallest absolute Gasteiger partial charge is 0.231 e. The van der Waals surface area contributed by atoms with Crippen molar-refractivity contribution < 1.29 is 14.2 Å². The average molecular weight is 201 g/mol. The molecule has 0 N–H and O–H groups in total. The second kappa shape index (κ2) is 3.34. The number of fused-ring (bicyclic) bond motifs is 1. The van der Waals surface area contributed by atoms with Gasteiger partial charge in [-0.05, 0) is 6.07 Å². The van der Waals surface area contributed by atoms with Gasteiger partial charge in [0, 0.05) is 11.6 Å². The molecule has 1 aliphatic rings. The van der Waals surface area contributed by atoms with Crippen molar-refractivity contribution in [2.75, 3.05) is 13.9 Å². The SMILES string of the molecule is COc1cc2c(cc1CCl)OCO2. The summed E-state index contributed by atoms with van der Waals surface area (Å²) in [7, 11) is 1.60. The number of benzene rings is 1. The van der Waals surface area contributed by atoms with E-state index in [1.807, 2.05) is 6.07 Å². The van der Waals surface area contributed by atoms with Gasteiger partial charge in [0.15, 0.2) is 11.5 Å². The second-order valence-corrected chi connectivity index (χ2v) is 2.92. The molecule has 0 saturated carbocycles. The maximum Gasteiger partial charge on any atom is 0.231 e. The number of hydrogen-bond acceptors (Lipinski definition) is 3. The Labute approximate surface area is 81.2 Å². The third kappa shape index (κ3) is 1.40. The third-order valence-electron chi connectivity index (χ3n) is 1.92. The zero-order valence-electron chi connectivity index (χ0n) is 7.17. The molecule has 1 aromatic rings. The van der Waals surface area contributed by atoms with Crippen molar-refractivity contribution in [2.24, 2.45) is 0 Å². The zero-order chi connectivity index (χ0) is 9.26. The summed E-state index contributed by atoms with van der Waals surface area (Å²) < 4.78 is 15.5. The van der Waals surface area contributed by atoms with Gasteiger partial charge >= 0.3 is 0 Å². The zero-order valence-corrected chi connectivity index (χ0v) is 7.93. The topological polar surface area (TPSA) is 27.7 Å². The predicted molar refractivity (Wildman–Crippen MR) is 48.7 cm³/mol. The molecule has 0 amide bonds. The third-order valence-corrected chi connectivity index (χ3v) is 2.21. The highest BCUT2D eigenvalue weighted by Gasteiger charge is 2.16. The van der Waals surface area contributed by atoms with Crippen LogP contribution >= 0.6 is 11.6 Å². The van der Waals surface area contributed by atoms with Crippen LogP contribution in [0.5, 0.6) is 17.2 Å². The summed E-state index contributed by atoms with van der Waals surface area (Å²) in [5, 5.41) is 0. The minimum atomic E-state index is 0.268. The van der Waals surface area contributed by atoms with E-state index in [4.69, 9.17) is 25.8 Å². The minimum Gasteiger partial charge on any atom is -0.496 e. The van der Waals surface area contributed by atoms with Crippen molar-refractivity contribution in [3.63, 3.8) is 0 Å². The van der Waals surface area contributed by atoms with Crippen molar-refractivity contribution in [1.29, 1.82) is 0 Å². The Balaban J connectivity index is 2.47. The van der Waals surface area contributed by atoms with Gasteiger partial charge in [0.05, 0.1) is 13.0 Å². The monoisotopic (exact) mass is 200 g/mol. The van der Waals surface area contributed by atoms with Crippen LogP contribution in [-0.4, -0.2) is 13.9 Å². The summed E-state index contributed by atoms with van der Waals surface area (Å²) in [6, 6.07) is 3.63. The molecule has 0 aliphatic carbocycles. The van der Waals surface area contributed by atoms with Crippen LogP contribution in [0.1, 0.15) is 5.56 Å². The molecule has 1 aromatic carbocycles. The first kappa shape index (κ1) is 8.51. The fourth-order valence-electron chi connectivity index (χ4n) is 1.26. The highest BCUT2D eigenvalue weighted by Crippen LogP contribution is 2.38. The van der Waals surface area contributed by atoms with Crippen molar-refractivity contribution in [3.8, 4) is 17.2 Å². The molecule has 1 heterocycles. The van der Waals surface area contributed by atoms with Crippen LogP contribution < -0.4 is 14.2 Å². The number of ether oxygens (including phenoxy) is 3. The number of hydrogen-bond donors (Lipinski definition) is 0. The first-order chi connectivity index (χ1) is 6.35. The Morgan fingerprint density at radius 2 is 2.08 bits per heavy atom. The van der Waals surface area contributed by atoms with Crippen LogP contribution in [-0.2, 0) is 5.88 Å². The van der Waals surface area contributed by atoms with Gasteiger partial charge in [-0.25, -0.2) is 0 Å². The minimum absolute atomic E-state index is 0.268. The number of methoxy groups -OCH3 is 1. The lowest BCUT2D eigenvalue weighted by Crippen LogP contribution is -1.92. The van der Waals surface area contributed by atoms with Crippen molar-refractivity contribution in [1.82, 2.24) is 0 Å². The van der Waals surface area contributed by atoms with Gasteiger partial charge in [0.2, 0.25) is 6.79 Å². The summed E-state index contributed by atoms with van der Waals surface area (Å²) >= 11 is 5.74. The summed E-state index contributed by atoms with van der Waals surface area (Å²) in [6.07, 6.45) is 0. The first-order valence-electron chi connectivity index (χ1n) is 3.87. The van der Waals surface area contributed by atoms with E-state index in [-0.39, 0.29) is 6.79 Å². The summed E-state index contributed by atoms with van der Waals surface area (Å²) in [5.74, 6) is 2.58. The van der Waals surface area contributed by atoms with Gasteiger partial charge in [-0.15, -0.1) is 11.6 Å². The van der Waals surface area contributed by atoms with Crippen molar-refractivity contribution in [2.45, 2.75) is 5.88 Å². The fraction of sp³-hybridized carbons (Fsp3) is 0.333. The Morgan fingerprint density at radius 3 is 2.69 bits per heavy atom. The summed E-state index contributed by atoms with van der Waals surface area (Å²) in [5.41, 5.74) is 0.911. The Bertz CT molecular complexity index is 294. The highest BCUT2D eigenvalue weighted by atomic mass is 35.5. The quantitative estimate of drug-likeness (QED) is 0.685. The van der Waals surface area contributed by atoms with E-state index in [1.54, 1.807) is 13.2 Å². The highest BCUT2D eigenvalue weighted by molar-refractivity contribution is 6.17. The molecule has 13 heavy (non-hydrogen) atoms. The van der Waals surface area contributed by atoms with Gasteiger partial charge in [-0.3, -0.25) is 0 Å². The average Bonchev–Trinajstić information content (AvgIpc) is 2.62. The van der Waals surface area contributed by atoms with E-state index in [0.29, 0.717) is 11.6 Å². The van der Waals surface area contributed by atoms with Gasteiger partial charge < -0.3 is 14.2 Å².